The Morgan fingerprint density at radius 3 is 2.50 bits per heavy atom. The van der Waals surface area contributed by atoms with E-state index in [-0.39, 0.29) is 8.67 Å². The molecule has 1 rings (SSSR count). The summed E-state index contributed by atoms with van der Waals surface area (Å²) in [5.41, 5.74) is 1.12. The lowest BCUT2D eigenvalue weighted by Crippen LogP contribution is -2.17. The Labute approximate surface area is 88.3 Å². The van der Waals surface area contributed by atoms with Crippen molar-refractivity contribution in [2.45, 2.75) is 25.8 Å². The van der Waals surface area contributed by atoms with Gasteiger partial charge in [0, 0.05) is 15.1 Å². The fraction of sp³-hybridized carbons (Fsp3) is 0.364. The van der Waals surface area contributed by atoms with Crippen LogP contribution in [0, 0.1) is 0 Å². The maximum atomic E-state index is 11.5. The van der Waals surface area contributed by atoms with Gasteiger partial charge < -0.3 is 4.79 Å². The maximum Gasteiger partial charge on any atom is 0.129 e. The van der Waals surface area contributed by atoms with Gasteiger partial charge in [-0.25, -0.2) is 0 Å². The monoisotopic (exact) mass is 202 g/mol. The number of rotatable bonds is 5. The standard InChI is InChI=1S/C11H15BOSi/c1-14(2)12-9-11(13)8-10-6-4-3-5-7-10/h3-7H,8-9H2,1-2H3. The molecular weight excluding hydrogens is 187 g/mol. The number of carbonyl (C=O) groups excluding carboxylic acids is 1. The fourth-order valence-corrected chi connectivity index (χ4v) is 1.85. The Morgan fingerprint density at radius 2 is 1.93 bits per heavy atom. The Hall–Kier alpha value is -0.828. The van der Waals surface area contributed by atoms with Crippen molar-refractivity contribution in [2.24, 2.45) is 0 Å². The van der Waals surface area contributed by atoms with Crippen molar-refractivity contribution in [2.75, 3.05) is 0 Å². The van der Waals surface area contributed by atoms with E-state index in [2.05, 4.69) is 20.0 Å². The van der Waals surface area contributed by atoms with Crippen LogP contribution in [0.15, 0.2) is 30.3 Å². The summed E-state index contributed by atoms with van der Waals surface area (Å²) in [6, 6.07) is 9.92. The zero-order valence-corrected chi connectivity index (χ0v) is 9.79. The highest BCUT2D eigenvalue weighted by atomic mass is 28.3. The summed E-state index contributed by atoms with van der Waals surface area (Å²) in [7, 11) is -0.367. The molecule has 14 heavy (non-hydrogen) atoms. The van der Waals surface area contributed by atoms with Gasteiger partial charge in [0.1, 0.15) is 12.7 Å². The van der Waals surface area contributed by atoms with Crippen LogP contribution < -0.4 is 0 Å². The van der Waals surface area contributed by atoms with Crippen LogP contribution in [0.25, 0.3) is 0 Å². The second-order valence-electron chi connectivity index (χ2n) is 3.69. The van der Waals surface area contributed by atoms with E-state index in [1.807, 2.05) is 30.3 Å². The van der Waals surface area contributed by atoms with Crippen LogP contribution in [0.3, 0.4) is 0 Å². The van der Waals surface area contributed by atoms with E-state index in [1.54, 1.807) is 0 Å². The van der Waals surface area contributed by atoms with Gasteiger partial charge in [0.15, 0.2) is 0 Å². The molecule has 0 spiro atoms. The van der Waals surface area contributed by atoms with E-state index in [9.17, 15) is 4.79 Å². The molecule has 0 saturated carbocycles. The molecule has 72 valence electrons. The van der Waals surface area contributed by atoms with Gasteiger partial charge >= 0.3 is 0 Å². The van der Waals surface area contributed by atoms with Gasteiger partial charge in [0.2, 0.25) is 0 Å². The summed E-state index contributed by atoms with van der Waals surface area (Å²) in [4.78, 5) is 11.5. The lowest BCUT2D eigenvalue weighted by molar-refractivity contribution is -0.116. The second kappa shape index (κ2) is 5.81. The molecule has 0 amide bonds. The molecule has 0 atom stereocenters. The van der Waals surface area contributed by atoms with E-state index in [1.165, 1.54) is 0 Å². The van der Waals surface area contributed by atoms with Gasteiger partial charge in [-0.1, -0.05) is 43.4 Å². The van der Waals surface area contributed by atoms with Crippen LogP contribution in [-0.2, 0) is 11.2 Å². The molecule has 0 heterocycles. The summed E-state index contributed by atoms with van der Waals surface area (Å²) in [5, 5.41) is 0. The van der Waals surface area contributed by atoms with E-state index >= 15 is 0 Å². The first-order chi connectivity index (χ1) is 6.68. The third-order valence-electron chi connectivity index (χ3n) is 1.98. The Kier molecular flexibility index (Phi) is 4.67. The van der Waals surface area contributed by atoms with Crippen LogP contribution in [-0.4, -0.2) is 21.3 Å². The van der Waals surface area contributed by atoms with Gasteiger partial charge in [0.05, 0.1) is 0 Å². The first kappa shape index (κ1) is 11.2. The first-order valence-corrected chi connectivity index (χ1v) is 7.45. The molecule has 0 aliphatic rings. The predicted octanol–water partition coefficient (Wildman–Crippen LogP) is 2.17. The predicted molar refractivity (Wildman–Crippen MR) is 63.2 cm³/mol. The third-order valence-corrected chi connectivity index (χ3v) is 3.00. The van der Waals surface area contributed by atoms with Gasteiger partial charge in [-0.05, 0) is 11.9 Å². The maximum absolute atomic E-state index is 11.5. The molecule has 0 saturated heterocycles. The summed E-state index contributed by atoms with van der Waals surface area (Å²) in [6.07, 6.45) is 1.21. The average Bonchev–Trinajstić information content (AvgIpc) is 2.16. The number of benzene rings is 1. The normalized spacial score (nSPS) is 10.2. The molecule has 1 nitrogen and oxygen atoms in total. The highest BCUT2D eigenvalue weighted by Crippen LogP contribution is 2.02. The molecule has 1 aromatic rings. The lowest BCUT2D eigenvalue weighted by Gasteiger charge is -2.01. The van der Waals surface area contributed by atoms with Crippen molar-refractivity contribution < 1.29 is 4.79 Å². The van der Waals surface area contributed by atoms with Gasteiger partial charge in [-0.2, -0.15) is 0 Å². The number of hydrogen-bond acceptors (Lipinski definition) is 1. The molecule has 2 radical (unpaired) electrons. The van der Waals surface area contributed by atoms with Gasteiger partial charge in [0.25, 0.3) is 0 Å². The largest absolute Gasteiger partial charge is 0.300 e. The minimum absolute atomic E-state index is 0.322. The zero-order valence-electron chi connectivity index (χ0n) is 8.79. The van der Waals surface area contributed by atoms with E-state index < -0.39 is 0 Å². The van der Waals surface area contributed by atoms with Crippen molar-refractivity contribution in [1.82, 2.24) is 0 Å². The number of hydrogen-bond donors (Lipinski definition) is 0. The average molecular weight is 202 g/mol. The molecule has 0 fully saturated rings. The minimum atomic E-state index is -0.367. The Balaban J connectivity index is 2.35. The summed E-state index contributed by atoms with van der Waals surface area (Å²) < 4.78 is 0. The summed E-state index contributed by atoms with van der Waals surface area (Å²) in [5.74, 6) is 0.322. The Bertz CT molecular complexity index is 285. The highest BCUT2D eigenvalue weighted by molar-refractivity contribution is 7.12. The number of ketones is 1. The smallest absolute Gasteiger partial charge is 0.129 e. The van der Waals surface area contributed by atoms with Crippen LogP contribution in [0.2, 0.25) is 19.4 Å². The van der Waals surface area contributed by atoms with Crippen molar-refractivity contribution in [3.05, 3.63) is 35.9 Å². The van der Waals surface area contributed by atoms with Crippen molar-refractivity contribution in [3.63, 3.8) is 0 Å². The van der Waals surface area contributed by atoms with E-state index in [0.717, 1.165) is 5.56 Å². The lowest BCUT2D eigenvalue weighted by atomic mass is 9.94. The molecule has 0 aliphatic heterocycles. The molecular formula is C11H15BOSi. The molecule has 0 N–H and O–H groups in total. The summed E-state index contributed by atoms with van der Waals surface area (Å²) in [6.45, 7) is 6.55. The summed E-state index contributed by atoms with van der Waals surface area (Å²) >= 11 is 0. The van der Waals surface area contributed by atoms with Crippen LogP contribution >= 0.6 is 0 Å². The molecule has 0 unspecified atom stereocenters. The molecule has 0 bridgehead atoms. The molecule has 0 aliphatic carbocycles. The van der Waals surface area contributed by atoms with Crippen LogP contribution in [0.4, 0.5) is 0 Å². The first-order valence-electron chi connectivity index (χ1n) is 4.87. The van der Waals surface area contributed by atoms with Crippen molar-refractivity contribution >= 4 is 21.3 Å². The zero-order chi connectivity index (χ0) is 10.4. The van der Waals surface area contributed by atoms with Crippen LogP contribution in [0.5, 0.6) is 0 Å². The molecule has 0 aromatic heterocycles. The third kappa shape index (κ3) is 4.42. The van der Waals surface area contributed by atoms with Gasteiger partial charge in [-0.3, -0.25) is 0 Å². The van der Waals surface area contributed by atoms with Crippen molar-refractivity contribution in [1.29, 1.82) is 0 Å². The number of Topliss-reactive ketones (excluding diaryl/α,β-unsaturated/α-hetero) is 1. The van der Waals surface area contributed by atoms with Gasteiger partial charge in [-0.15, -0.1) is 0 Å². The van der Waals surface area contributed by atoms with E-state index in [0.29, 0.717) is 18.5 Å². The van der Waals surface area contributed by atoms with E-state index in [4.69, 9.17) is 0 Å². The molecule has 1 aromatic carbocycles. The molecule has 3 heteroatoms. The number of carbonyl (C=O) groups is 1. The SMILES string of the molecule is C[Si](C)[B]CC(=O)Cc1ccccc1. The van der Waals surface area contributed by atoms with Crippen LogP contribution in [0.1, 0.15) is 5.56 Å². The Morgan fingerprint density at radius 1 is 1.29 bits per heavy atom. The minimum Gasteiger partial charge on any atom is -0.300 e. The van der Waals surface area contributed by atoms with Crippen molar-refractivity contribution in [3.8, 4) is 0 Å². The second-order valence-corrected chi connectivity index (χ2v) is 6.25. The quantitative estimate of drug-likeness (QED) is 0.669. The topological polar surface area (TPSA) is 17.1 Å². The highest BCUT2D eigenvalue weighted by Gasteiger charge is 2.06. The fourth-order valence-electron chi connectivity index (χ4n) is 1.21.